The number of hydrogen-bond donors (Lipinski definition) is 0. The Morgan fingerprint density at radius 3 is 2.83 bits per heavy atom. The van der Waals surface area contributed by atoms with E-state index in [1.807, 2.05) is 0 Å². The number of rotatable bonds is 2. The van der Waals surface area contributed by atoms with Crippen LogP contribution in [0.1, 0.15) is 50.6 Å². The minimum absolute atomic E-state index is 0.554. The van der Waals surface area contributed by atoms with E-state index in [0.29, 0.717) is 6.04 Å². The summed E-state index contributed by atoms with van der Waals surface area (Å²) in [6.45, 7) is 3.63. The highest BCUT2D eigenvalue weighted by atomic mass is 15.2. The summed E-state index contributed by atoms with van der Waals surface area (Å²) in [5.41, 5.74) is 3.18. The van der Waals surface area contributed by atoms with Gasteiger partial charge in [-0.05, 0) is 51.1 Å². The fourth-order valence-electron chi connectivity index (χ4n) is 3.58. The number of allylic oxidation sites excluding steroid dienone is 1. The summed E-state index contributed by atoms with van der Waals surface area (Å²) in [5.74, 6) is 0. The fraction of sp³-hybridized carbons (Fsp3) is 0.529. The number of benzene rings is 1. The Morgan fingerprint density at radius 2 is 2.00 bits per heavy atom. The average molecular weight is 241 g/mol. The van der Waals surface area contributed by atoms with Crippen molar-refractivity contribution in [2.45, 2.75) is 51.1 Å². The molecule has 0 bridgehead atoms. The topological polar surface area (TPSA) is 3.24 Å². The van der Waals surface area contributed by atoms with Gasteiger partial charge in [-0.25, -0.2) is 0 Å². The van der Waals surface area contributed by atoms with Crippen LogP contribution in [0.25, 0.3) is 0 Å². The first-order chi connectivity index (χ1) is 8.86. The zero-order chi connectivity index (χ0) is 12.4. The molecule has 1 aliphatic heterocycles. The average Bonchev–Trinajstić information content (AvgIpc) is 2.47. The van der Waals surface area contributed by atoms with Crippen molar-refractivity contribution in [3.8, 4) is 0 Å². The molecule has 0 radical (unpaired) electrons. The lowest BCUT2D eigenvalue weighted by atomic mass is 9.85. The zero-order valence-corrected chi connectivity index (χ0v) is 11.3. The number of piperidine rings is 1. The van der Waals surface area contributed by atoms with Crippen LogP contribution in [0.3, 0.4) is 0 Å². The van der Waals surface area contributed by atoms with E-state index < -0.39 is 0 Å². The van der Waals surface area contributed by atoms with Gasteiger partial charge >= 0.3 is 0 Å². The van der Waals surface area contributed by atoms with E-state index in [1.54, 1.807) is 5.57 Å². The molecular formula is C17H23N. The molecule has 2 atom stereocenters. The van der Waals surface area contributed by atoms with Crippen LogP contribution < -0.4 is 0 Å². The van der Waals surface area contributed by atoms with Crippen molar-refractivity contribution in [2.24, 2.45) is 0 Å². The second-order valence-corrected chi connectivity index (χ2v) is 5.65. The fourth-order valence-corrected chi connectivity index (χ4v) is 3.58. The molecular weight excluding hydrogens is 218 g/mol. The van der Waals surface area contributed by atoms with Crippen molar-refractivity contribution in [3.63, 3.8) is 0 Å². The van der Waals surface area contributed by atoms with Gasteiger partial charge in [0.15, 0.2) is 0 Å². The van der Waals surface area contributed by atoms with Gasteiger partial charge in [0.25, 0.3) is 0 Å². The Hall–Kier alpha value is -1.08. The molecule has 0 saturated carbocycles. The van der Waals surface area contributed by atoms with Crippen LogP contribution in [0.5, 0.6) is 0 Å². The van der Waals surface area contributed by atoms with E-state index in [9.17, 15) is 0 Å². The van der Waals surface area contributed by atoms with Gasteiger partial charge in [-0.1, -0.05) is 42.0 Å². The third kappa shape index (κ3) is 2.24. The van der Waals surface area contributed by atoms with Gasteiger partial charge in [-0.3, -0.25) is 4.90 Å². The van der Waals surface area contributed by atoms with Gasteiger partial charge in [0.05, 0.1) is 0 Å². The van der Waals surface area contributed by atoms with E-state index >= 15 is 0 Å². The van der Waals surface area contributed by atoms with Crippen LogP contribution in [0.2, 0.25) is 0 Å². The quantitative estimate of drug-likeness (QED) is 0.697. The van der Waals surface area contributed by atoms with Crippen molar-refractivity contribution < 1.29 is 0 Å². The molecule has 1 fully saturated rings. The first-order valence-electron chi connectivity index (χ1n) is 7.36. The molecule has 1 nitrogen and oxygen atoms in total. The number of fused-ring (bicyclic) bond motifs is 1. The minimum Gasteiger partial charge on any atom is -0.290 e. The number of nitrogens with zero attached hydrogens (tertiary/aromatic N) is 1. The van der Waals surface area contributed by atoms with Crippen molar-refractivity contribution >= 4 is 0 Å². The highest BCUT2D eigenvalue weighted by Gasteiger charge is 2.31. The maximum atomic E-state index is 2.73. The van der Waals surface area contributed by atoms with E-state index in [0.717, 1.165) is 6.04 Å². The molecule has 2 unspecified atom stereocenters. The second kappa shape index (κ2) is 5.27. The molecule has 0 N–H and O–H groups in total. The molecule has 1 heteroatoms. The Balaban J connectivity index is 1.82. The Kier molecular flexibility index (Phi) is 3.51. The molecule has 96 valence electrons. The van der Waals surface area contributed by atoms with Gasteiger partial charge in [-0.15, -0.1) is 0 Å². The molecule has 1 saturated heterocycles. The van der Waals surface area contributed by atoms with Crippen molar-refractivity contribution in [1.29, 1.82) is 0 Å². The van der Waals surface area contributed by atoms with E-state index in [-0.39, 0.29) is 0 Å². The smallest absolute Gasteiger partial charge is 0.0325 e. The molecule has 0 amide bonds. The number of likely N-dealkylation sites (tertiary alicyclic amines) is 1. The largest absolute Gasteiger partial charge is 0.290 e. The molecule has 1 aliphatic carbocycles. The lowest BCUT2D eigenvalue weighted by Gasteiger charge is -2.43. The summed E-state index contributed by atoms with van der Waals surface area (Å²) in [6, 6.07) is 12.2. The molecule has 18 heavy (non-hydrogen) atoms. The first-order valence-corrected chi connectivity index (χ1v) is 7.36. The maximum absolute atomic E-state index is 2.73. The van der Waals surface area contributed by atoms with E-state index in [1.165, 1.54) is 44.2 Å². The van der Waals surface area contributed by atoms with E-state index in [4.69, 9.17) is 0 Å². The van der Waals surface area contributed by atoms with Crippen LogP contribution >= 0.6 is 0 Å². The number of hydrogen-bond acceptors (Lipinski definition) is 1. The predicted octanol–water partition coefficient (Wildman–Crippen LogP) is 4.32. The molecule has 3 rings (SSSR count). The molecule has 2 aliphatic rings. The second-order valence-electron chi connectivity index (χ2n) is 5.65. The van der Waals surface area contributed by atoms with E-state index in [2.05, 4.69) is 48.2 Å². The highest BCUT2D eigenvalue weighted by molar-refractivity contribution is 5.22. The third-order valence-electron chi connectivity index (χ3n) is 4.58. The van der Waals surface area contributed by atoms with Crippen molar-refractivity contribution in [1.82, 2.24) is 4.90 Å². The van der Waals surface area contributed by atoms with Crippen molar-refractivity contribution in [2.75, 3.05) is 6.54 Å². The van der Waals surface area contributed by atoms with Crippen LogP contribution in [-0.4, -0.2) is 17.5 Å². The summed E-state index contributed by atoms with van der Waals surface area (Å²) in [6.07, 6.45) is 9.22. The minimum atomic E-state index is 0.554. The van der Waals surface area contributed by atoms with Crippen LogP contribution in [0, 0.1) is 0 Å². The SMILES string of the molecule is CC(c1ccccc1)N1CCCC2=CCCCC21. The predicted molar refractivity (Wildman–Crippen MR) is 76.5 cm³/mol. The molecule has 1 aromatic carbocycles. The Morgan fingerprint density at radius 1 is 1.17 bits per heavy atom. The van der Waals surface area contributed by atoms with Gasteiger partial charge < -0.3 is 0 Å². The van der Waals surface area contributed by atoms with Gasteiger partial charge in [0.1, 0.15) is 0 Å². The highest BCUT2D eigenvalue weighted by Crippen LogP contribution is 2.36. The van der Waals surface area contributed by atoms with Crippen LogP contribution in [0.4, 0.5) is 0 Å². The summed E-state index contributed by atoms with van der Waals surface area (Å²) in [5, 5.41) is 0. The lowest BCUT2D eigenvalue weighted by molar-refractivity contribution is 0.127. The lowest BCUT2D eigenvalue weighted by Crippen LogP contribution is -2.43. The van der Waals surface area contributed by atoms with Gasteiger partial charge in [-0.2, -0.15) is 0 Å². The zero-order valence-electron chi connectivity index (χ0n) is 11.3. The van der Waals surface area contributed by atoms with Crippen LogP contribution in [0.15, 0.2) is 42.0 Å². The third-order valence-corrected chi connectivity index (χ3v) is 4.58. The molecule has 0 spiro atoms. The summed E-state index contributed by atoms with van der Waals surface area (Å²) >= 11 is 0. The monoisotopic (exact) mass is 241 g/mol. The molecule has 1 heterocycles. The Labute approximate surface area is 111 Å². The summed E-state index contributed by atoms with van der Waals surface area (Å²) in [4.78, 5) is 2.73. The van der Waals surface area contributed by atoms with Crippen molar-refractivity contribution in [3.05, 3.63) is 47.5 Å². The standard InChI is InChI=1S/C17H23N/c1-14(15-8-3-2-4-9-15)18-13-7-11-16-10-5-6-12-17(16)18/h2-4,8-10,14,17H,5-7,11-13H2,1H3. The normalized spacial score (nSPS) is 26.3. The van der Waals surface area contributed by atoms with Gasteiger partial charge in [0, 0.05) is 12.1 Å². The summed E-state index contributed by atoms with van der Waals surface area (Å²) in [7, 11) is 0. The maximum Gasteiger partial charge on any atom is 0.0325 e. The van der Waals surface area contributed by atoms with Crippen LogP contribution in [-0.2, 0) is 0 Å². The molecule has 1 aromatic rings. The first kappa shape index (κ1) is 12.0. The Bertz CT molecular complexity index is 420. The van der Waals surface area contributed by atoms with Gasteiger partial charge in [0.2, 0.25) is 0 Å². The summed E-state index contributed by atoms with van der Waals surface area (Å²) < 4.78 is 0. The molecule has 0 aromatic heterocycles.